The first kappa shape index (κ1) is 20.5. The summed E-state index contributed by atoms with van der Waals surface area (Å²) >= 11 is 0. The van der Waals surface area contributed by atoms with Crippen molar-refractivity contribution in [2.45, 2.75) is 69.7 Å². The van der Waals surface area contributed by atoms with Crippen LogP contribution in [0.3, 0.4) is 0 Å². The largest absolute Gasteiger partial charge is 0.374 e. The van der Waals surface area contributed by atoms with Crippen LogP contribution in [-0.2, 0) is 32.2 Å². The number of rotatable bonds is 8. The molecule has 2 aromatic rings. The van der Waals surface area contributed by atoms with E-state index in [2.05, 4.69) is 24.3 Å². The minimum absolute atomic E-state index is 0.108. The maximum Gasteiger partial charge on any atom is 0.169 e. The summed E-state index contributed by atoms with van der Waals surface area (Å²) in [7, 11) is 0. The van der Waals surface area contributed by atoms with E-state index in [0.29, 0.717) is 26.4 Å². The zero-order valence-corrected chi connectivity index (χ0v) is 17.1. The lowest BCUT2D eigenvalue weighted by Crippen LogP contribution is -2.49. The Kier molecular flexibility index (Phi) is 7.33. The van der Waals surface area contributed by atoms with Gasteiger partial charge in [-0.2, -0.15) is 0 Å². The number of hydrogen-bond acceptors (Lipinski definition) is 4. The van der Waals surface area contributed by atoms with Gasteiger partial charge in [-0.05, 0) is 36.8 Å². The van der Waals surface area contributed by atoms with Crippen LogP contribution in [0.1, 0.15) is 49.7 Å². The molecule has 2 aliphatic rings. The molecule has 0 N–H and O–H groups in total. The molecule has 29 heavy (non-hydrogen) atoms. The molecule has 2 atom stereocenters. The van der Waals surface area contributed by atoms with Gasteiger partial charge in [-0.15, -0.1) is 0 Å². The highest BCUT2D eigenvalue weighted by molar-refractivity contribution is 5.14. The monoisotopic (exact) mass is 396 g/mol. The minimum atomic E-state index is -0.446. The number of benzene rings is 2. The summed E-state index contributed by atoms with van der Waals surface area (Å²) in [6.45, 7) is 2.50. The molecular formula is C25H32O4. The highest BCUT2D eigenvalue weighted by atomic mass is 16.7. The molecule has 2 saturated heterocycles. The van der Waals surface area contributed by atoms with E-state index in [1.807, 2.05) is 36.4 Å². The summed E-state index contributed by atoms with van der Waals surface area (Å²) in [6.07, 6.45) is 6.47. The molecule has 4 rings (SSSR count). The molecule has 4 heteroatoms. The second-order valence-corrected chi connectivity index (χ2v) is 8.18. The predicted octanol–water partition coefficient (Wildman–Crippen LogP) is 5.25. The summed E-state index contributed by atoms with van der Waals surface area (Å²) in [5.74, 6) is -0.446. The van der Waals surface area contributed by atoms with Crippen LogP contribution in [0.25, 0.3) is 0 Å². The zero-order valence-electron chi connectivity index (χ0n) is 17.1. The van der Waals surface area contributed by atoms with E-state index in [0.717, 1.165) is 38.5 Å². The van der Waals surface area contributed by atoms with Crippen molar-refractivity contribution in [1.29, 1.82) is 0 Å². The van der Waals surface area contributed by atoms with Crippen LogP contribution in [0.5, 0.6) is 0 Å². The molecule has 4 nitrogen and oxygen atoms in total. The minimum Gasteiger partial charge on any atom is -0.374 e. The quantitative estimate of drug-likeness (QED) is 0.610. The molecule has 2 heterocycles. The molecular weight excluding hydrogens is 364 g/mol. The van der Waals surface area contributed by atoms with Crippen molar-refractivity contribution in [3.05, 3.63) is 71.8 Å². The standard InChI is InChI=1S/C25H32O4/c1-3-9-21(10-4-1)17-26-19-23-13-7-15-25(28-23)16-8-14-24(29-25)20-27-18-22-11-5-2-6-12-22/h1-6,9-12,23-24H,7-8,13-20H2/t23-,24-,25?/m1/s1. The van der Waals surface area contributed by atoms with Crippen LogP contribution in [0, 0.1) is 0 Å². The number of hydrogen-bond donors (Lipinski definition) is 0. The summed E-state index contributed by atoms with van der Waals surface area (Å²) in [6, 6.07) is 20.6. The van der Waals surface area contributed by atoms with E-state index in [-0.39, 0.29) is 12.2 Å². The summed E-state index contributed by atoms with van der Waals surface area (Å²) in [4.78, 5) is 0. The Morgan fingerprint density at radius 1 is 0.690 bits per heavy atom. The smallest absolute Gasteiger partial charge is 0.169 e. The van der Waals surface area contributed by atoms with Gasteiger partial charge in [-0.3, -0.25) is 0 Å². The molecule has 156 valence electrons. The fourth-order valence-electron chi connectivity index (χ4n) is 4.31. The van der Waals surface area contributed by atoms with Crippen LogP contribution < -0.4 is 0 Å². The third-order valence-electron chi connectivity index (χ3n) is 5.76. The summed E-state index contributed by atoms with van der Waals surface area (Å²) in [5.41, 5.74) is 2.39. The average molecular weight is 397 g/mol. The van der Waals surface area contributed by atoms with Gasteiger partial charge in [-0.25, -0.2) is 0 Å². The molecule has 2 aliphatic heterocycles. The molecule has 0 radical (unpaired) electrons. The molecule has 0 unspecified atom stereocenters. The first-order valence-corrected chi connectivity index (χ1v) is 10.9. The van der Waals surface area contributed by atoms with Crippen LogP contribution in [-0.4, -0.2) is 31.2 Å². The van der Waals surface area contributed by atoms with Gasteiger partial charge >= 0.3 is 0 Å². The van der Waals surface area contributed by atoms with Crippen LogP contribution in [0.15, 0.2) is 60.7 Å². The Labute approximate surface area is 174 Å². The Balaban J connectivity index is 1.22. The Bertz CT molecular complexity index is 655. The topological polar surface area (TPSA) is 36.9 Å². The van der Waals surface area contributed by atoms with E-state index in [1.165, 1.54) is 11.1 Å². The highest BCUT2D eigenvalue weighted by Crippen LogP contribution is 2.39. The first-order chi connectivity index (χ1) is 14.3. The van der Waals surface area contributed by atoms with Gasteiger partial charge in [-0.1, -0.05) is 60.7 Å². The molecule has 2 aromatic carbocycles. The first-order valence-electron chi connectivity index (χ1n) is 10.9. The van der Waals surface area contributed by atoms with E-state index < -0.39 is 5.79 Å². The molecule has 0 amide bonds. The Morgan fingerprint density at radius 3 is 1.59 bits per heavy atom. The molecule has 0 aromatic heterocycles. The average Bonchev–Trinajstić information content (AvgIpc) is 2.76. The summed E-state index contributed by atoms with van der Waals surface area (Å²) in [5, 5.41) is 0. The van der Waals surface area contributed by atoms with Crippen molar-refractivity contribution in [3.63, 3.8) is 0 Å². The fraction of sp³-hybridized carbons (Fsp3) is 0.520. The second kappa shape index (κ2) is 10.4. The zero-order chi connectivity index (χ0) is 19.8. The van der Waals surface area contributed by atoms with Gasteiger partial charge in [0.05, 0.1) is 38.6 Å². The van der Waals surface area contributed by atoms with Gasteiger partial charge in [0.1, 0.15) is 0 Å². The Morgan fingerprint density at radius 2 is 1.14 bits per heavy atom. The fourth-order valence-corrected chi connectivity index (χ4v) is 4.31. The molecule has 0 bridgehead atoms. The SMILES string of the molecule is c1ccc(COC[C@H]2CCCC3(CCC[C@H](COCc4ccccc4)O3)O2)cc1. The molecule has 0 saturated carbocycles. The van der Waals surface area contributed by atoms with Gasteiger partial charge in [0, 0.05) is 12.8 Å². The number of ether oxygens (including phenoxy) is 4. The van der Waals surface area contributed by atoms with Crippen molar-refractivity contribution in [2.24, 2.45) is 0 Å². The lowest BCUT2D eigenvalue weighted by atomic mass is 9.93. The van der Waals surface area contributed by atoms with Crippen molar-refractivity contribution in [3.8, 4) is 0 Å². The third-order valence-corrected chi connectivity index (χ3v) is 5.76. The van der Waals surface area contributed by atoms with Crippen LogP contribution in [0.2, 0.25) is 0 Å². The van der Waals surface area contributed by atoms with Crippen molar-refractivity contribution >= 4 is 0 Å². The Hall–Kier alpha value is -1.72. The molecule has 2 fully saturated rings. The lowest BCUT2D eigenvalue weighted by molar-refractivity contribution is -0.323. The second-order valence-electron chi connectivity index (χ2n) is 8.18. The van der Waals surface area contributed by atoms with Crippen LogP contribution >= 0.6 is 0 Å². The van der Waals surface area contributed by atoms with E-state index in [1.54, 1.807) is 0 Å². The molecule has 1 spiro atoms. The normalized spacial score (nSPS) is 23.9. The summed E-state index contributed by atoms with van der Waals surface area (Å²) < 4.78 is 24.7. The van der Waals surface area contributed by atoms with E-state index in [4.69, 9.17) is 18.9 Å². The van der Waals surface area contributed by atoms with E-state index in [9.17, 15) is 0 Å². The van der Waals surface area contributed by atoms with Gasteiger partial charge in [0.2, 0.25) is 0 Å². The highest BCUT2D eigenvalue weighted by Gasteiger charge is 2.42. The lowest BCUT2D eigenvalue weighted by Gasteiger charge is -2.45. The van der Waals surface area contributed by atoms with Crippen molar-refractivity contribution < 1.29 is 18.9 Å². The van der Waals surface area contributed by atoms with Crippen molar-refractivity contribution in [1.82, 2.24) is 0 Å². The van der Waals surface area contributed by atoms with Crippen molar-refractivity contribution in [2.75, 3.05) is 13.2 Å². The van der Waals surface area contributed by atoms with E-state index >= 15 is 0 Å². The maximum absolute atomic E-state index is 6.44. The van der Waals surface area contributed by atoms with Gasteiger partial charge < -0.3 is 18.9 Å². The molecule has 0 aliphatic carbocycles. The van der Waals surface area contributed by atoms with Gasteiger partial charge in [0.25, 0.3) is 0 Å². The predicted molar refractivity (Wildman–Crippen MR) is 112 cm³/mol. The third kappa shape index (κ3) is 6.13. The van der Waals surface area contributed by atoms with Gasteiger partial charge in [0.15, 0.2) is 5.79 Å². The maximum atomic E-state index is 6.44. The van der Waals surface area contributed by atoms with Crippen LogP contribution in [0.4, 0.5) is 0 Å².